The van der Waals surface area contributed by atoms with Crippen LogP contribution in [0.3, 0.4) is 0 Å². The van der Waals surface area contributed by atoms with Crippen molar-refractivity contribution in [1.29, 1.82) is 0 Å². The first kappa shape index (κ1) is 14.6. The van der Waals surface area contributed by atoms with Crippen LogP contribution in [0.2, 0.25) is 0 Å². The molecular weight excluding hydrogens is 276 g/mol. The lowest BCUT2D eigenvalue weighted by Gasteiger charge is -2.17. The molecule has 1 aromatic carbocycles. The van der Waals surface area contributed by atoms with E-state index < -0.39 is 6.61 Å². The number of hydrogen-bond donors (Lipinski definition) is 1. The van der Waals surface area contributed by atoms with Crippen LogP contribution in [-0.4, -0.2) is 20.3 Å². The van der Waals surface area contributed by atoms with Crippen molar-refractivity contribution >= 4 is 0 Å². The number of ether oxygens (including phenoxy) is 2. The number of halogens is 2. The molecule has 0 saturated heterocycles. The van der Waals surface area contributed by atoms with Crippen LogP contribution < -0.4 is 14.8 Å². The Morgan fingerprint density at radius 2 is 2.10 bits per heavy atom. The molecule has 0 spiro atoms. The number of hydrogen-bond acceptors (Lipinski definition) is 3. The van der Waals surface area contributed by atoms with E-state index in [1.54, 1.807) is 18.2 Å². The molecule has 3 rings (SSSR count). The second-order valence-corrected chi connectivity index (χ2v) is 6.07. The molecule has 0 heterocycles. The van der Waals surface area contributed by atoms with Crippen molar-refractivity contribution in [2.24, 2.45) is 11.3 Å². The van der Waals surface area contributed by atoms with Gasteiger partial charge in [0.15, 0.2) is 11.5 Å². The summed E-state index contributed by atoms with van der Waals surface area (Å²) in [4.78, 5) is 0. The second-order valence-electron chi connectivity index (χ2n) is 6.07. The third-order valence-corrected chi connectivity index (χ3v) is 4.62. The molecule has 1 aromatic rings. The van der Waals surface area contributed by atoms with Crippen molar-refractivity contribution in [1.82, 2.24) is 5.32 Å². The molecule has 5 heteroatoms. The summed E-state index contributed by atoms with van der Waals surface area (Å²) in [5.41, 5.74) is 1.20. The van der Waals surface area contributed by atoms with Gasteiger partial charge in [-0.3, -0.25) is 0 Å². The Labute approximate surface area is 123 Å². The maximum absolute atomic E-state index is 12.6. The summed E-state index contributed by atoms with van der Waals surface area (Å²) < 4.78 is 34.8. The highest BCUT2D eigenvalue weighted by Gasteiger charge is 2.53. The maximum atomic E-state index is 12.6. The lowest BCUT2D eigenvalue weighted by Crippen LogP contribution is -2.25. The minimum Gasteiger partial charge on any atom is -0.493 e. The van der Waals surface area contributed by atoms with Gasteiger partial charge in [0.05, 0.1) is 7.11 Å². The van der Waals surface area contributed by atoms with Gasteiger partial charge in [0.2, 0.25) is 0 Å². The molecule has 0 radical (unpaired) electrons. The highest BCUT2D eigenvalue weighted by atomic mass is 19.3. The Hall–Kier alpha value is -1.36. The van der Waals surface area contributed by atoms with Gasteiger partial charge in [0.1, 0.15) is 0 Å². The number of rotatable bonds is 8. The number of nitrogens with one attached hydrogen (secondary N) is 1. The number of para-hydroxylation sites is 1. The van der Waals surface area contributed by atoms with Crippen LogP contribution in [0, 0.1) is 11.3 Å². The zero-order chi connectivity index (χ0) is 14.9. The lowest BCUT2D eigenvalue weighted by molar-refractivity contribution is -0.0518. The molecule has 0 aliphatic heterocycles. The molecule has 0 aromatic heterocycles. The minimum atomic E-state index is -2.85. The molecular formula is C16H21F2NO2. The van der Waals surface area contributed by atoms with E-state index in [2.05, 4.69) is 10.1 Å². The summed E-state index contributed by atoms with van der Waals surface area (Å²) in [7, 11) is 1.46. The fourth-order valence-corrected chi connectivity index (χ4v) is 3.12. The third kappa shape index (κ3) is 3.28. The first-order chi connectivity index (χ1) is 10.1. The molecule has 2 fully saturated rings. The molecule has 0 amide bonds. The van der Waals surface area contributed by atoms with Gasteiger partial charge in [-0.05, 0) is 43.1 Å². The molecule has 21 heavy (non-hydrogen) atoms. The topological polar surface area (TPSA) is 30.5 Å². The summed E-state index contributed by atoms with van der Waals surface area (Å²) in [6.45, 7) is -1.36. The van der Waals surface area contributed by atoms with Crippen molar-refractivity contribution in [2.45, 2.75) is 38.8 Å². The zero-order valence-corrected chi connectivity index (χ0v) is 12.2. The standard InChI is InChI=1S/C16H21F2NO2/c1-20-13-4-2-3-11(14(13)21-15(17)18)9-19-10-16(7-8-16)12-5-6-12/h2-4,12,15,19H,5-10H2,1H3. The van der Waals surface area contributed by atoms with E-state index in [0.29, 0.717) is 23.3 Å². The number of methoxy groups -OCH3 is 1. The SMILES string of the molecule is COc1cccc(CNCC2(C3CC3)CC2)c1OC(F)F. The van der Waals surface area contributed by atoms with Gasteiger partial charge in [-0.2, -0.15) is 8.78 Å². The van der Waals surface area contributed by atoms with Crippen LogP contribution in [0.4, 0.5) is 8.78 Å². The van der Waals surface area contributed by atoms with Crippen molar-refractivity contribution in [3.8, 4) is 11.5 Å². The van der Waals surface area contributed by atoms with Crippen LogP contribution in [-0.2, 0) is 6.54 Å². The number of alkyl halides is 2. The zero-order valence-electron chi connectivity index (χ0n) is 12.2. The van der Waals surface area contributed by atoms with Crippen molar-refractivity contribution in [2.75, 3.05) is 13.7 Å². The molecule has 2 saturated carbocycles. The predicted octanol–water partition coefficient (Wildman–Crippen LogP) is 3.58. The van der Waals surface area contributed by atoms with E-state index in [0.717, 1.165) is 12.5 Å². The fraction of sp³-hybridized carbons (Fsp3) is 0.625. The van der Waals surface area contributed by atoms with Gasteiger partial charge >= 0.3 is 6.61 Å². The van der Waals surface area contributed by atoms with Gasteiger partial charge in [-0.15, -0.1) is 0 Å². The highest BCUT2D eigenvalue weighted by Crippen LogP contribution is 2.60. The summed E-state index contributed by atoms with van der Waals surface area (Å²) in [6, 6.07) is 5.22. The molecule has 0 atom stereocenters. The Balaban J connectivity index is 1.63. The van der Waals surface area contributed by atoms with Gasteiger partial charge < -0.3 is 14.8 Å². The van der Waals surface area contributed by atoms with Gasteiger partial charge in [0, 0.05) is 18.7 Å². The summed E-state index contributed by atoms with van der Waals surface area (Å²) in [5.74, 6) is 1.36. The normalized spacial score (nSPS) is 19.6. The van der Waals surface area contributed by atoms with E-state index in [-0.39, 0.29) is 5.75 Å². The smallest absolute Gasteiger partial charge is 0.387 e. The van der Waals surface area contributed by atoms with Crippen LogP contribution in [0.5, 0.6) is 11.5 Å². The summed E-state index contributed by atoms with van der Waals surface area (Å²) in [5, 5.41) is 3.41. The monoisotopic (exact) mass is 297 g/mol. The molecule has 1 N–H and O–H groups in total. The van der Waals surface area contributed by atoms with Crippen molar-refractivity contribution in [3.63, 3.8) is 0 Å². The first-order valence-corrected chi connectivity index (χ1v) is 7.46. The predicted molar refractivity (Wildman–Crippen MR) is 75.7 cm³/mol. The molecule has 116 valence electrons. The van der Waals surface area contributed by atoms with E-state index in [9.17, 15) is 8.78 Å². The quantitative estimate of drug-likeness (QED) is 0.795. The van der Waals surface area contributed by atoms with Gasteiger partial charge in [-0.25, -0.2) is 0 Å². The van der Waals surface area contributed by atoms with E-state index in [1.165, 1.54) is 32.8 Å². The van der Waals surface area contributed by atoms with Gasteiger partial charge in [0.25, 0.3) is 0 Å². The van der Waals surface area contributed by atoms with Crippen molar-refractivity contribution in [3.05, 3.63) is 23.8 Å². The van der Waals surface area contributed by atoms with Crippen LogP contribution in [0.1, 0.15) is 31.2 Å². The van der Waals surface area contributed by atoms with E-state index in [1.807, 2.05) is 0 Å². The van der Waals surface area contributed by atoms with Gasteiger partial charge in [-0.1, -0.05) is 12.1 Å². The lowest BCUT2D eigenvalue weighted by atomic mass is 10.0. The van der Waals surface area contributed by atoms with E-state index >= 15 is 0 Å². The van der Waals surface area contributed by atoms with Crippen LogP contribution in [0.25, 0.3) is 0 Å². The summed E-state index contributed by atoms with van der Waals surface area (Å²) >= 11 is 0. The number of benzene rings is 1. The third-order valence-electron chi connectivity index (χ3n) is 4.62. The molecule has 2 aliphatic carbocycles. The average molecular weight is 297 g/mol. The Morgan fingerprint density at radius 3 is 2.67 bits per heavy atom. The Kier molecular flexibility index (Phi) is 4.02. The van der Waals surface area contributed by atoms with E-state index in [4.69, 9.17) is 4.74 Å². The van der Waals surface area contributed by atoms with Crippen molar-refractivity contribution < 1.29 is 18.3 Å². The second kappa shape index (κ2) is 5.79. The average Bonchev–Trinajstić information content (AvgIpc) is 3.33. The fourth-order valence-electron chi connectivity index (χ4n) is 3.12. The molecule has 0 unspecified atom stereocenters. The Morgan fingerprint density at radius 1 is 1.33 bits per heavy atom. The minimum absolute atomic E-state index is 0.138. The highest BCUT2D eigenvalue weighted by molar-refractivity contribution is 5.46. The van der Waals surface area contributed by atoms with Crippen LogP contribution >= 0.6 is 0 Å². The molecule has 0 bridgehead atoms. The summed E-state index contributed by atoms with van der Waals surface area (Å²) in [6.07, 6.45) is 5.29. The van der Waals surface area contributed by atoms with Crippen LogP contribution in [0.15, 0.2) is 18.2 Å². The first-order valence-electron chi connectivity index (χ1n) is 7.46. The Bertz CT molecular complexity index is 499. The largest absolute Gasteiger partial charge is 0.493 e. The molecule has 2 aliphatic rings. The molecule has 3 nitrogen and oxygen atoms in total. The maximum Gasteiger partial charge on any atom is 0.387 e.